The molecule has 0 aliphatic heterocycles. The van der Waals surface area contributed by atoms with Gasteiger partial charge in [-0.2, -0.15) is 0 Å². The number of primary amides is 1. The Morgan fingerprint density at radius 3 is 2.67 bits per heavy atom. The van der Waals surface area contributed by atoms with E-state index in [9.17, 15) is 4.79 Å². The van der Waals surface area contributed by atoms with Gasteiger partial charge in [-0.15, -0.1) is 0 Å². The first-order valence-electron chi connectivity index (χ1n) is 6.50. The third-order valence-corrected chi connectivity index (χ3v) is 3.87. The van der Waals surface area contributed by atoms with Crippen LogP contribution in [0.2, 0.25) is 5.02 Å². The van der Waals surface area contributed by atoms with Crippen LogP contribution in [0.3, 0.4) is 0 Å². The lowest BCUT2D eigenvalue weighted by Gasteiger charge is -2.22. The quantitative estimate of drug-likeness (QED) is 0.877. The van der Waals surface area contributed by atoms with Crippen LogP contribution in [0.1, 0.15) is 42.5 Å². The van der Waals surface area contributed by atoms with Crippen LogP contribution in [0.25, 0.3) is 0 Å². The minimum absolute atomic E-state index is 0.375. The highest BCUT2D eigenvalue weighted by Crippen LogP contribution is 2.25. The van der Waals surface area contributed by atoms with Crippen molar-refractivity contribution in [3.8, 4) is 0 Å². The Morgan fingerprint density at radius 1 is 1.33 bits per heavy atom. The fourth-order valence-corrected chi connectivity index (χ4v) is 2.75. The lowest BCUT2D eigenvalue weighted by Crippen LogP contribution is -2.17. The number of anilines is 1. The number of nitrogens with two attached hydrogens (primary N) is 1. The first-order chi connectivity index (χ1) is 8.66. The lowest BCUT2D eigenvalue weighted by atomic mass is 9.89. The Bertz CT molecular complexity index is 428. The summed E-state index contributed by atoms with van der Waals surface area (Å²) in [5.41, 5.74) is 6.54. The average molecular weight is 267 g/mol. The lowest BCUT2D eigenvalue weighted by molar-refractivity contribution is 0.100. The largest absolute Gasteiger partial charge is 0.385 e. The van der Waals surface area contributed by atoms with Gasteiger partial charge in [0.2, 0.25) is 5.91 Å². The van der Waals surface area contributed by atoms with Gasteiger partial charge in [0.15, 0.2) is 0 Å². The Balaban J connectivity index is 1.93. The zero-order valence-corrected chi connectivity index (χ0v) is 11.2. The minimum atomic E-state index is -0.487. The molecule has 0 aromatic heterocycles. The normalized spacial score (nSPS) is 16.5. The number of carbonyl (C=O) groups is 1. The van der Waals surface area contributed by atoms with Crippen LogP contribution in [-0.4, -0.2) is 12.5 Å². The summed E-state index contributed by atoms with van der Waals surface area (Å²) < 4.78 is 0. The van der Waals surface area contributed by atoms with Crippen molar-refractivity contribution in [1.29, 1.82) is 0 Å². The average Bonchev–Trinajstić information content (AvgIpc) is 2.37. The van der Waals surface area contributed by atoms with Crippen LogP contribution in [0, 0.1) is 5.92 Å². The van der Waals surface area contributed by atoms with Gasteiger partial charge in [0.05, 0.1) is 10.6 Å². The molecule has 0 unspecified atom stereocenters. The van der Waals surface area contributed by atoms with Crippen molar-refractivity contribution in [2.75, 3.05) is 11.9 Å². The van der Waals surface area contributed by atoms with Crippen molar-refractivity contribution in [3.63, 3.8) is 0 Å². The van der Waals surface area contributed by atoms with E-state index in [-0.39, 0.29) is 0 Å². The van der Waals surface area contributed by atoms with Crippen LogP contribution in [0.5, 0.6) is 0 Å². The van der Waals surface area contributed by atoms with Crippen LogP contribution in [-0.2, 0) is 0 Å². The number of hydrogen-bond acceptors (Lipinski definition) is 2. The van der Waals surface area contributed by atoms with E-state index in [1.165, 1.54) is 32.1 Å². The van der Waals surface area contributed by atoms with E-state index in [0.717, 1.165) is 18.2 Å². The zero-order valence-electron chi connectivity index (χ0n) is 10.4. The summed E-state index contributed by atoms with van der Waals surface area (Å²) in [4.78, 5) is 11.1. The van der Waals surface area contributed by atoms with Crippen molar-refractivity contribution in [2.45, 2.75) is 32.1 Å². The standard InChI is InChI=1S/C14H19ClN2O/c15-13-8-11(6-7-12(13)14(16)18)17-9-10-4-2-1-3-5-10/h6-8,10,17H,1-5,9H2,(H2,16,18). The second kappa shape index (κ2) is 6.10. The highest BCUT2D eigenvalue weighted by atomic mass is 35.5. The van der Waals surface area contributed by atoms with Crippen molar-refractivity contribution >= 4 is 23.2 Å². The molecule has 0 saturated heterocycles. The predicted octanol–water partition coefficient (Wildman–Crippen LogP) is 3.43. The highest BCUT2D eigenvalue weighted by Gasteiger charge is 2.13. The molecule has 1 fully saturated rings. The van der Waals surface area contributed by atoms with Gasteiger partial charge < -0.3 is 11.1 Å². The number of nitrogens with one attached hydrogen (secondary N) is 1. The van der Waals surface area contributed by atoms with E-state index in [4.69, 9.17) is 17.3 Å². The Kier molecular flexibility index (Phi) is 4.48. The maximum Gasteiger partial charge on any atom is 0.250 e. The fourth-order valence-electron chi connectivity index (χ4n) is 2.48. The molecular weight excluding hydrogens is 248 g/mol. The highest BCUT2D eigenvalue weighted by molar-refractivity contribution is 6.34. The monoisotopic (exact) mass is 266 g/mol. The molecule has 0 bridgehead atoms. The molecule has 98 valence electrons. The van der Waals surface area contributed by atoms with E-state index in [2.05, 4.69) is 5.32 Å². The second-order valence-electron chi connectivity index (χ2n) is 4.94. The van der Waals surface area contributed by atoms with Gasteiger partial charge >= 0.3 is 0 Å². The van der Waals surface area contributed by atoms with E-state index < -0.39 is 5.91 Å². The summed E-state index contributed by atoms with van der Waals surface area (Å²) in [6.45, 7) is 0.978. The summed E-state index contributed by atoms with van der Waals surface area (Å²) in [5.74, 6) is 0.271. The van der Waals surface area contributed by atoms with Gasteiger partial charge in [-0.05, 0) is 37.0 Å². The third kappa shape index (κ3) is 3.39. The van der Waals surface area contributed by atoms with Gasteiger partial charge in [-0.25, -0.2) is 0 Å². The summed E-state index contributed by atoms with van der Waals surface area (Å²) in [5, 5.41) is 3.80. The van der Waals surface area contributed by atoms with Gasteiger partial charge in [0, 0.05) is 12.2 Å². The van der Waals surface area contributed by atoms with E-state index >= 15 is 0 Å². The molecule has 1 aliphatic rings. The third-order valence-electron chi connectivity index (χ3n) is 3.55. The number of halogens is 1. The van der Waals surface area contributed by atoms with Crippen molar-refractivity contribution in [1.82, 2.24) is 0 Å². The molecule has 1 aromatic rings. The number of carbonyl (C=O) groups excluding carboxylic acids is 1. The van der Waals surface area contributed by atoms with Crippen molar-refractivity contribution in [2.24, 2.45) is 11.7 Å². The Labute approximate surface area is 113 Å². The topological polar surface area (TPSA) is 55.1 Å². The van der Waals surface area contributed by atoms with Crippen molar-refractivity contribution in [3.05, 3.63) is 28.8 Å². The van der Waals surface area contributed by atoms with E-state index in [0.29, 0.717) is 10.6 Å². The van der Waals surface area contributed by atoms with Crippen LogP contribution < -0.4 is 11.1 Å². The van der Waals surface area contributed by atoms with Gasteiger partial charge in [-0.1, -0.05) is 30.9 Å². The summed E-state index contributed by atoms with van der Waals surface area (Å²) in [6.07, 6.45) is 6.66. The van der Waals surface area contributed by atoms with Crippen LogP contribution in [0.15, 0.2) is 18.2 Å². The molecule has 1 aromatic carbocycles. The Hall–Kier alpha value is -1.22. The molecule has 3 N–H and O–H groups in total. The summed E-state index contributed by atoms with van der Waals surface area (Å²) >= 11 is 6.01. The van der Waals surface area contributed by atoms with Gasteiger partial charge in [-0.3, -0.25) is 4.79 Å². The summed E-state index contributed by atoms with van der Waals surface area (Å²) in [6, 6.07) is 5.30. The first-order valence-corrected chi connectivity index (χ1v) is 6.88. The zero-order chi connectivity index (χ0) is 13.0. The van der Waals surface area contributed by atoms with Gasteiger partial charge in [0.1, 0.15) is 0 Å². The molecule has 1 aliphatic carbocycles. The molecule has 2 rings (SSSR count). The predicted molar refractivity (Wildman–Crippen MR) is 75.0 cm³/mol. The summed E-state index contributed by atoms with van der Waals surface area (Å²) in [7, 11) is 0. The van der Waals surface area contributed by atoms with Crippen LogP contribution in [0.4, 0.5) is 5.69 Å². The fraction of sp³-hybridized carbons (Fsp3) is 0.500. The number of rotatable bonds is 4. The van der Waals surface area contributed by atoms with Crippen LogP contribution >= 0.6 is 11.6 Å². The van der Waals surface area contributed by atoms with E-state index in [1.807, 2.05) is 6.07 Å². The molecule has 0 spiro atoms. The molecule has 0 radical (unpaired) electrons. The molecule has 0 atom stereocenters. The maximum atomic E-state index is 11.1. The van der Waals surface area contributed by atoms with Crippen molar-refractivity contribution < 1.29 is 4.79 Å². The molecular formula is C14H19ClN2O. The second-order valence-corrected chi connectivity index (χ2v) is 5.35. The minimum Gasteiger partial charge on any atom is -0.385 e. The SMILES string of the molecule is NC(=O)c1ccc(NCC2CCCCC2)cc1Cl. The smallest absolute Gasteiger partial charge is 0.250 e. The molecule has 0 heterocycles. The number of benzene rings is 1. The first kappa shape index (κ1) is 13.2. The molecule has 18 heavy (non-hydrogen) atoms. The maximum absolute atomic E-state index is 11.1. The van der Waals surface area contributed by atoms with E-state index in [1.54, 1.807) is 12.1 Å². The number of hydrogen-bond donors (Lipinski definition) is 2. The Morgan fingerprint density at radius 2 is 2.06 bits per heavy atom. The number of amides is 1. The molecule has 1 amide bonds. The molecule has 1 saturated carbocycles. The molecule has 4 heteroatoms. The van der Waals surface area contributed by atoms with Gasteiger partial charge in [0.25, 0.3) is 0 Å². The molecule has 3 nitrogen and oxygen atoms in total.